The second-order valence-corrected chi connectivity index (χ2v) is 3.62. The molecule has 2 N–H and O–H groups in total. The van der Waals surface area contributed by atoms with Crippen LogP contribution in [0.3, 0.4) is 0 Å². The van der Waals surface area contributed by atoms with Crippen LogP contribution in [0.1, 0.15) is 18.0 Å². The number of halogens is 1. The normalized spacial score (nSPS) is 18.2. The smallest absolute Gasteiger partial charge is 0.407 e. The number of aromatic hydroxyl groups is 1. The summed E-state index contributed by atoms with van der Waals surface area (Å²) in [5.74, 6) is -0.0807. The van der Waals surface area contributed by atoms with Crippen LogP contribution >= 0.6 is 12.4 Å². The van der Waals surface area contributed by atoms with Gasteiger partial charge in [-0.2, -0.15) is 0 Å². The number of nitro benzene ring substituents is 1. The lowest BCUT2D eigenvalue weighted by Crippen LogP contribution is -2.35. The van der Waals surface area contributed by atoms with E-state index in [9.17, 15) is 20.0 Å². The van der Waals surface area contributed by atoms with Gasteiger partial charge < -0.3 is 15.2 Å². The fourth-order valence-electron chi connectivity index (χ4n) is 1.69. The van der Waals surface area contributed by atoms with Gasteiger partial charge >= 0.3 is 6.09 Å². The van der Waals surface area contributed by atoms with Gasteiger partial charge in [-0.15, -0.1) is 12.4 Å². The summed E-state index contributed by atoms with van der Waals surface area (Å²) in [7, 11) is 0. The van der Waals surface area contributed by atoms with Crippen molar-refractivity contribution in [3.8, 4) is 5.75 Å². The van der Waals surface area contributed by atoms with Crippen LogP contribution in [-0.2, 0) is 4.74 Å². The SMILES string of the molecule is Cl.O=C1N[C@@H](c2cc([N+](=O)[O-])ccc2O)CCO1. The molecular formula is C10H11ClN2O5. The molecular weight excluding hydrogens is 264 g/mol. The van der Waals surface area contributed by atoms with Gasteiger partial charge in [0, 0.05) is 24.1 Å². The third-order valence-corrected chi connectivity index (χ3v) is 2.53. The van der Waals surface area contributed by atoms with Crippen molar-refractivity contribution in [3.05, 3.63) is 33.9 Å². The highest BCUT2D eigenvalue weighted by atomic mass is 35.5. The van der Waals surface area contributed by atoms with E-state index in [4.69, 9.17) is 0 Å². The number of nitro groups is 1. The summed E-state index contributed by atoms with van der Waals surface area (Å²) in [6, 6.07) is 3.25. The first-order chi connectivity index (χ1) is 8.08. The Morgan fingerprint density at radius 3 is 2.83 bits per heavy atom. The van der Waals surface area contributed by atoms with Crippen molar-refractivity contribution in [1.29, 1.82) is 0 Å². The highest BCUT2D eigenvalue weighted by Crippen LogP contribution is 2.31. The molecule has 1 saturated heterocycles. The van der Waals surface area contributed by atoms with Gasteiger partial charge in [-0.05, 0) is 6.07 Å². The molecule has 1 aromatic rings. The van der Waals surface area contributed by atoms with Gasteiger partial charge in [0.2, 0.25) is 0 Å². The van der Waals surface area contributed by atoms with Gasteiger partial charge in [0.15, 0.2) is 0 Å². The van der Waals surface area contributed by atoms with E-state index in [2.05, 4.69) is 10.1 Å². The van der Waals surface area contributed by atoms with Crippen molar-refractivity contribution in [2.45, 2.75) is 12.5 Å². The quantitative estimate of drug-likeness (QED) is 0.633. The summed E-state index contributed by atoms with van der Waals surface area (Å²) >= 11 is 0. The number of rotatable bonds is 2. The van der Waals surface area contributed by atoms with Gasteiger partial charge in [-0.1, -0.05) is 0 Å². The number of carbonyl (C=O) groups excluding carboxylic acids is 1. The van der Waals surface area contributed by atoms with Crippen molar-refractivity contribution in [1.82, 2.24) is 5.32 Å². The molecule has 0 aliphatic carbocycles. The summed E-state index contributed by atoms with van der Waals surface area (Å²) in [4.78, 5) is 21.1. The number of amides is 1. The molecule has 0 unspecified atom stereocenters. The number of hydrogen-bond acceptors (Lipinski definition) is 5. The van der Waals surface area contributed by atoms with Crippen molar-refractivity contribution in [2.75, 3.05) is 6.61 Å². The Hall–Kier alpha value is -2.02. The highest BCUT2D eigenvalue weighted by molar-refractivity contribution is 5.85. The van der Waals surface area contributed by atoms with Crippen LogP contribution in [0.15, 0.2) is 18.2 Å². The minimum Gasteiger partial charge on any atom is -0.508 e. The van der Waals surface area contributed by atoms with E-state index in [1.807, 2.05) is 0 Å². The first-order valence-electron chi connectivity index (χ1n) is 4.98. The lowest BCUT2D eigenvalue weighted by atomic mass is 10.0. The third-order valence-electron chi connectivity index (χ3n) is 2.53. The molecule has 1 amide bonds. The Balaban J connectivity index is 0.00000162. The van der Waals surface area contributed by atoms with E-state index in [1.165, 1.54) is 18.2 Å². The van der Waals surface area contributed by atoms with E-state index in [0.717, 1.165) is 0 Å². The van der Waals surface area contributed by atoms with E-state index in [-0.39, 0.29) is 30.5 Å². The number of nitrogens with zero attached hydrogens (tertiary/aromatic N) is 1. The molecule has 1 fully saturated rings. The number of alkyl carbamates (subject to hydrolysis) is 1. The topological polar surface area (TPSA) is 102 Å². The molecule has 1 heterocycles. The zero-order chi connectivity index (χ0) is 12.4. The molecule has 0 radical (unpaired) electrons. The van der Waals surface area contributed by atoms with Crippen LogP contribution in [0.5, 0.6) is 5.75 Å². The Morgan fingerprint density at radius 1 is 1.50 bits per heavy atom. The van der Waals surface area contributed by atoms with E-state index in [1.54, 1.807) is 0 Å². The highest BCUT2D eigenvalue weighted by Gasteiger charge is 2.24. The molecule has 2 rings (SSSR count). The summed E-state index contributed by atoms with van der Waals surface area (Å²) in [6.07, 6.45) is -0.132. The molecule has 1 aromatic carbocycles. The van der Waals surface area contributed by atoms with Crippen LogP contribution in [0.2, 0.25) is 0 Å². The predicted molar refractivity (Wildman–Crippen MR) is 63.9 cm³/mol. The average molecular weight is 275 g/mol. The van der Waals surface area contributed by atoms with Gasteiger partial charge in [0.05, 0.1) is 17.6 Å². The van der Waals surface area contributed by atoms with Gasteiger partial charge in [0.1, 0.15) is 5.75 Å². The van der Waals surface area contributed by atoms with Crippen molar-refractivity contribution in [2.24, 2.45) is 0 Å². The Labute approximate surface area is 108 Å². The Morgan fingerprint density at radius 2 is 2.22 bits per heavy atom. The van der Waals surface area contributed by atoms with E-state index < -0.39 is 17.1 Å². The van der Waals surface area contributed by atoms with E-state index in [0.29, 0.717) is 12.0 Å². The molecule has 0 aromatic heterocycles. The number of cyclic esters (lactones) is 1. The molecule has 1 atom stereocenters. The maximum absolute atomic E-state index is 11.0. The fourth-order valence-corrected chi connectivity index (χ4v) is 1.69. The summed E-state index contributed by atoms with van der Waals surface area (Å²) in [5, 5.41) is 22.8. The number of ether oxygens (including phenoxy) is 1. The standard InChI is InChI=1S/C10H10N2O5.ClH/c13-9-2-1-6(12(15)16)5-7(9)8-3-4-17-10(14)11-8;/h1-2,5,8,13H,3-4H2,(H,11,14);1H/t8-;/m1./s1. The summed E-state index contributed by atoms with van der Waals surface area (Å²) in [6.45, 7) is 0.221. The number of benzene rings is 1. The minimum atomic E-state index is -0.591. The number of nitrogens with one attached hydrogen (secondary N) is 1. The van der Waals surface area contributed by atoms with Crippen LogP contribution in [0, 0.1) is 10.1 Å². The lowest BCUT2D eigenvalue weighted by molar-refractivity contribution is -0.385. The number of phenols is 1. The minimum absolute atomic E-state index is 0. The average Bonchev–Trinajstić information content (AvgIpc) is 2.29. The molecule has 0 bridgehead atoms. The zero-order valence-electron chi connectivity index (χ0n) is 9.16. The lowest BCUT2D eigenvalue weighted by Gasteiger charge is -2.24. The largest absolute Gasteiger partial charge is 0.508 e. The summed E-state index contributed by atoms with van der Waals surface area (Å²) in [5.41, 5.74) is 0.203. The number of hydrogen-bond donors (Lipinski definition) is 2. The van der Waals surface area contributed by atoms with Crippen molar-refractivity contribution in [3.63, 3.8) is 0 Å². The molecule has 8 heteroatoms. The predicted octanol–water partition coefficient (Wildman–Crippen LogP) is 1.89. The number of non-ortho nitro benzene ring substituents is 1. The van der Waals surface area contributed by atoms with Gasteiger partial charge in [-0.3, -0.25) is 10.1 Å². The van der Waals surface area contributed by atoms with Crippen LogP contribution in [-0.4, -0.2) is 22.7 Å². The Kier molecular flexibility index (Phi) is 4.33. The zero-order valence-corrected chi connectivity index (χ0v) is 9.98. The maximum atomic E-state index is 11.0. The first kappa shape index (κ1) is 14.0. The maximum Gasteiger partial charge on any atom is 0.407 e. The molecule has 1 aliphatic rings. The van der Waals surface area contributed by atoms with E-state index >= 15 is 0 Å². The molecule has 1 aliphatic heterocycles. The second-order valence-electron chi connectivity index (χ2n) is 3.62. The molecule has 7 nitrogen and oxygen atoms in total. The van der Waals surface area contributed by atoms with Gasteiger partial charge in [-0.25, -0.2) is 4.79 Å². The van der Waals surface area contributed by atoms with Gasteiger partial charge in [0.25, 0.3) is 5.69 Å². The monoisotopic (exact) mass is 274 g/mol. The van der Waals surface area contributed by atoms with Crippen LogP contribution in [0.4, 0.5) is 10.5 Å². The number of carbonyl (C=O) groups is 1. The number of phenolic OH excluding ortho intramolecular Hbond substituents is 1. The molecule has 98 valence electrons. The second kappa shape index (κ2) is 5.54. The fraction of sp³-hybridized carbons (Fsp3) is 0.300. The summed E-state index contributed by atoms with van der Waals surface area (Å²) < 4.78 is 4.68. The first-order valence-corrected chi connectivity index (χ1v) is 4.98. The molecule has 18 heavy (non-hydrogen) atoms. The molecule has 0 spiro atoms. The van der Waals surface area contributed by atoms with Crippen LogP contribution < -0.4 is 5.32 Å². The van der Waals surface area contributed by atoms with Crippen LogP contribution in [0.25, 0.3) is 0 Å². The Bertz CT molecular complexity index is 479. The van der Waals surface area contributed by atoms with Crippen molar-refractivity contribution < 1.29 is 19.6 Å². The van der Waals surface area contributed by atoms with Crippen molar-refractivity contribution >= 4 is 24.2 Å². The third kappa shape index (κ3) is 2.80. The molecule has 0 saturated carbocycles.